The predicted molar refractivity (Wildman–Crippen MR) is 97.4 cm³/mol. The molecule has 7 heteroatoms. The first kappa shape index (κ1) is 16.9. The molecule has 0 radical (unpaired) electrons. The SMILES string of the molecule is CCOC(=O)c1nn(-c2ccccc2)c(=O)cc1NCc1cccs1. The molecule has 1 aromatic carbocycles. The number of carbonyl (C=O) groups is 1. The largest absolute Gasteiger partial charge is 0.461 e. The van der Waals surface area contributed by atoms with Crippen LogP contribution in [-0.4, -0.2) is 22.4 Å². The van der Waals surface area contributed by atoms with E-state index in [9.17, 15) is 9.59 Å². The maximum absolute atomic E-state index is 12.4. The number of hydrogen-bond acceptors (Lipinski definition) is 6. The van der Waals surface area contributed by atoms with Crippen LogP contribution in [0.5, 0.6) is 0 Å². The molecule has 0 unspecified atom stereocenters. The lowest BCUT2D eigenvalue weighted by molar-refractivity contribution is 0.0518. The van der Waals surface area contributed by atoms with Gasteiger partial charge in [0.2, 0.25) is 0 Å². The highest BCUT2D eigenvalue weighted by Gasteiger charge is 2.18. The number of rotatable bonds is 6. The van der Waals surface area contributed by atoms with Crippen molar-refractivity contribution in [3.05, 3.63) is 74.8 Å². The van der Waals surface area contributed by atoms with Gasteiger partial charge in [0.1, 0.15) is 0 Å². The molecule has 0 amide bonds. The molecule has 6 nitrogen and oxygen atoms in total. The second-order valence-corrected chi connectivity index (χ2v) is 6.18. The number of hydrogen-bond donors (Lipinski definition) is 1. The van der Waals surface area contributed by atoms with Crippen molar-refractivity contribution in [3.63, 3.8) is 0 Å². The summed E-state index contributed by atoms with van der Waals surface area (Å²) < 4.78 is 6.28. The maximum atomic E-state index is 12.4. The van der Waals surface area contributed by atoms with Crippen LogP contribution in [0.15, 0.2) is 58.7 Å². The molecular formula is C18H17N3O3S. The Kier molecular flexibility index (Phi) is 5.25. The Balaban J connectivity index is 2.00. The van der Waals surface area contributed by atoms with Crippen molar-refractivity contribution in [2.24, 2.45) is 0 Å². The van der Waals surface area contributed by atoms with E-state index in [4.69, 9.17) is 4.74 Å². The van der Waals surface area contributed by atoms with Gasteiger partial charge in [0.05, 0.1) is 18.0 Å². The molecule has 3 rings (SSSR count). The number of para-hydroxylation sites is 1. The second-order valence-electron chi connectivity index (χ2n) is 5.15. The Morgan fingerprint density at radius 1 is 1.24 bits per heavy atom. The molecule has 0 atom stereocenters. The number of carbonyl (C=O) groups excluding carboxylic acids is 1. The average molecular weight is 355 g/mol. The van der Waals surface area contributed by atoms with Crippen molar-refractivity contribution in [3.8, 4) is 5.69 Å². The van der Waals surface area contributed by atoms with Crippen LogP contribution in [0.2, 0.25) is 0 Å². The lowest BCUT2D eigenvalue weighted by atomic mass is 10.3. The lowest BCUT2D eigenvalue weighted by Crippen LogP contribution is -2.25. The van der Waals surface area contributed by atoms with Crippen molar-refractivity contribution in [1.82, 2.24) is 9.78 Å². The monoisotopic (exact) mass is 355 g/mol. The first-order valence-electron chi connectivity index (χ1n) is 7.82. The third kappa shape index (κ3) is 3.95. The fourth-order valence-electron chi connectivity index (χ4n) is 2.29. The predicted octanol–water partition coefficient (Wildman–Crippen LogP) is 3.08. The van der Waals surface area contributed by atoms with Crippen molar-refractivity contribution >= 4 is 23.0 Å². The number of thiophene rings is 1. The molecule has 0 aliphatic carbocycles. The van der Waals surface area contributed by atoms with E-state index in [1.165, 1.54) is 10.7 Å². The molecule has 25 heavy (non-hydrogen) atoms. The Bertz CT molecular complexity index is 905. The van der Waals surface area contributed by atoms with Gasteiger partial charge in [0, 0.05) is 17.5 Å². The van der Waals surface area contributed by atoms with Crippen LogP contribution in [-0.2, 0) is 11.3 Å². The van der Waals surface area contributed by atoms with Crippen LogP contribution in [0.3, 0.4) is 0 Å². The second kappa shape index (κ2) is 7.76. The summed E-state index contributed by atoms with van der Waals surface area (Å²) in [6.07, 6.45) is 0. The Morgan fingerprint density at radius 3 is 2.72 bits per heavy atom. The van der Waals surface area contributed by atoms with Gasteiger partial charge in [-0.25, -0.2) is 4.79 Å². The molecule has 0 spiro atoms. The lowest BCUT2D eigenvalue weighted by Gasteiger charge is -2.12. The molecule has 0 saturated heterocycles. The number of esters is 1. The molecule has 128 valence electrons. The van der Waals surface area contributed by atoms with Gasteiger partial charge in [-0.1, -0.05) is 24.3 Å². The van der Waals surface area contributed by atoms with Crippen molar-refractivity contribution in [2.45, 2.75) is 13.5 Å². The van der Waals surface area contributed by atoms with Gasteiger partial charge in [0.25, 0.3) is 5.56 Å². The summed E-state index contributed by atoms with van der Waals surface area (Å²) in [6, 6.07) is 14.2. The Labute approximate surface area is 148 Å². The number of anilines is 1. The standard InChI is InChI=1S/C18H17N3O3S/c1-2-24-18(23)17-15(19-12-14-9-6-10-25-14)11-16(22)21(20-17)13-7-4-3-5-8-13/h3-11,19H,2,12H2,1H3. The number of nitrogens with one attached hydrogen (secondary N) is 1. The van der Waals surface area contributed by atoms with E-state index in [-0.39, 0.29) is 17.9 Å². The third-order valence-electron chi connectivity index (χ3n) is 3.43. The molecule has 0 fully saturated rings. The first-order valence-corrected chi connectivity index (χ1v) is 8.70. The van der Waals surface area contributed by atoms with Gasteiger partial charge in [-0.2, -0.15) is 9.78 Å². The molecule has 3 aromatic rings. The van der Waals surface area contributed by atoms with E-state index in [1.807, 2.05) is 23.6 Å². The minimum Gasteiger partial charge on any atom is -0.461 e. The summed E-state index contributed by atoms with van der Waals surface area (Å²) >= 11 is 1.59. The molecule has 0 aliphatic heterocycles. The van der Waals surface area contributed by atoms with Crippen molar-refractivity contribution < 1.29 is 9.53 Å². The third-order valence-corrected chi connectivity index (χ3v) is 4.31. The molecule has 0 saturated carbocycles. The minimum atomic E-state index is -0.569. The fourth-order valence-corrected chi connectivity index (χ4v) is 2.94. The van der Waals surface area contributed by atoms with Crippen LogP contribution in [0, 0.1) is 0 Å². The van der Waals surface area contributed by atoms with Crippen LogP contribution in [0.1, 0.15) is 22.3 Å². The van der Waals surface area contributed by atoms with Crippen LogP contribution >= 0.6 is 11.3 Å². The van der Waals surface area contributed by atoms with Gasteiger partial charge in [0.15, 0.2) is 5.69 Å². The highest BCUT2D eigenvalue weighted by molar-refractivity contribution is 7.09. The van der Waals surface area contributed by atoms with Crippen molar-refractivity contribution in [2.75, 3.05) is 11.9 Å². The van der Waals surface area contributed by atoms with Gasteiger partial charge in [-0.05, 0) is 30.5 Å². The van der Waals surface area contributed by atoms with E-state index in [2.05, 4.69) is 10.4 Å². The number of nitrogens with zero attached hydrogens (tertiary/aromatic N) is 2. The molecule has 0 aliphatic rings. The molecule has 2 heterocycles. The van der Waals surface area contributed by atoms with E-state index < -0.39 is 5.97 Å². The van der Waals surface area contributed by atoms with Crippen LogP contribution < -0.4 is 10.9 Å². The summed E-state index contributed by atoms with van der Waals surface area (Å²) in [4.78, 5) is 25.8. The minimum absolute atomic E-state index is 0.0851. The summed E-state index contributed by atoms with van der Waals surface area (Å²) in [5.41, 5.74) is 0.710. The van der Waals surface area contributed by atoms with Crippen LogP contribution in [0.4, 0.5) is 5.69 Å². The number of benzene rings is 1. The maximum Gasteiger partial charge on any atom is 0.360 e. The average Bonchev–Trinajstić information content (AvgIpc) is 3.14. The normalized spacial score (nSPS) is 10.4. The molecular weight excluding hydrogens is 338 g/mol. The van der Waals surface area contributed by atoms with Crippen LogP contribution in [0.25, 0.3) is 5.69 Å². The Morgan fingerprint density at radius 2 is 2.04 bits per heavy atom. The van der Waals surface area contributed by atoms with Gasteiger partial charge < -0.3 is 10.1 Å². The van der Waals surface area contributed by atoms with E-state index in [0.29, 0.717) is 17.9 Å². The highest BCUT2D eigenvalue weighted by atomic mass is 32.1. The summed E-state index contributed by atoms with van der Waals surface area (Å²) in [5, 5.41) is 9.31. The Hall–Kier alpha value is -2.93. The molecule has 2 aromatic heterocycles. The van der Waals surface area contributed by atoms with Gasteiger partial charge in [-0.3, -0.25) is 4.79 Å². The van der Waals surface area contributed by atoms with E-state index >= 15 is 0 Å². The zero-order valence-electron chi connectivity index (χ0n) is 13.6. The molecule has 1 N–H and O–H groups in total. The zero-order chi connectivity index (χ0) is 17.6. The van der Waals surface area contributed by atoms with E-state index in [0.717, 1.165) is 4.88 Å². The topological polar surface area (TPSA) is 73.2 Å². The quantitative estimate of drug-likeness (QED) is 0.688. The molecule has 0 bridgehead atoms. The fraction of sp³-hybridized carbons (Fsp3) is 0.167. The summed E-state index contributed by atoms with van der Waals surface area (Å²) in [6.45, 7) is 2.46. The highest BCUT2D eigenvalue weighted by Crippen LogP contribution is 2.16. The summed E-state index contributed by atoms with van der Waals surface area (Å²) in [7, 11) is 0. The van der Waals surface area contributed by atoms with Crippen molar-refractivity contribution in [1.29, 1.82) is 0 Å². The smallest absolute Gasteiger partial charge is 0.360 e. The number of aromatic nitrogens is 2. The first-order chi connectivity index (χ1) is 12.2. The van der Waals surface area contributed by atoms with E-state index in [1.54, 1.807) is 42.5 Å². The zero-order valence-corrected chi connectivity index (χ0v) is 14.5. The van der Waals surface area contributed by atoms with Gasteiger partial charge >= 0.3 is 5.97 Å². The van der Waals surface area contributed by atoms with Gasteiger partial charge in [-0.15, -0.1) is 11.3 Å². The summed E-state index contributed by atoms with van der Waals surface area (Å²) in [5.74, 6) is -0.569. The number of ether oxygens (including phenoxy) is 1.